The second-order valence-electron chi connectivity index (χ2n) is 4.40. The molecule has 1 amide bonds. The minimum absolute atomic E-state index is 0.0964. The maximum absolute atomic E-state index is 10.5. The van der Waals surface area contributed by atoms with Crippen LogP contribution in [0.15, 0.2) is 0 Å². The Morgan fingerprint density at radius 1 is 1.56 bits per heavy atom. The molecule has 6 nitrogen and oxygen atoms in total. The van der Waals surface area contributed by atoms with Crippen LogP contribution in [0.5, 0.6) is 0 Å². The fourth-order valence-corrected chi connectivity index (χ4v) is 2.22. The van der Waals surface area contributed by atoms with E-state index in [-0.39, 0.29) is 18.2 Å². The van der Waals surface area contributed by atoms with Crippen molar-refractivity contribution in [3.63, 3.8) is 0 Å². The predicted octanol–water partition coefficient (Wildman–Crippen LogP) is -0.669. The average Bonchev–Trinajstić information content (AvgIpc) is 2.66. The van der Waals surface area contributed by atoms with Crippen LogP contribution in [0.2, 0.25) is 0 Å². The highest BCUT2D eigenvalue weighted by Crippen LogP contribution is 2.32. The molecule has 0 aromatic rings. The lowest BCUT2D eigenvalue weighted by molar-refractivity contribution is -0.132. The number of primary amides is 1. The molecular weight excluding hydrogens is 212 g/mol. The number of hydroxylamine groups is 1. The fraction of sp³-hybridized carbons (Fsp3) is 0.900. The molecule has 2 aliphatic heterocycles. The summed E-state index contributed by atoms with van der Waals surface area (Å²) in [5.41, 5.74) is 7.70. The second-order valence-corrected chi connectivity index (χ2v) is 4.40. The molecular formula is C10H18N2O4. The van der Waals surface area contributed by atoms with Crippen LogP contribution in [0.25, 0.3) is 0 Å². The first kappa shape index (κ1) is 11.8. The highest BCUT2D eigenvalue weighted by atomic mass is 16.6. The third kappa shape index (κ3) is 2.91. The van der Waals surface area contributed by atoms with Crippen LogP contribution in [-0.2, 0) is 19.1 Å². The van der Waals surface area contributed by atoms with Crippen LogP contribution in [0, 0.1) is 0 Å². The van der Waals surface area contributed by atoms with Crippen molar-refractivity contribution in [3.8, 4) is 0 Å². The summed E-state index contributed by atoms with van der Waals surface area (Å²) >= 11 is 0. The maximum atomic E-state index is 10.5. The third-order valence-corrected chi connectivity index (χ3v) is 3.02. The molecule has 2 rings (SSSR count). The molecule has 0 aliphatic carbocycles. The van der Waals surface area contributed by atoms with Crippen LogP contribution < -0.4 is 11.2 Å². The zero-order valence-corrected chi connectivity index (χ0v) is 9.24. The van der Waals surface area contributed by atoms with E-state index in [1.165, 1.54) is 0 Å². The van der Waals surface area contributed by atoms with Crippen LogP contribution in [0.4, 0.5) is 0 Å². The van der Waals surface area contributed by atoms with Gasteiger partial charge in [-0.3, -0.25) is 9.63 Å². The Morgan fingerprint density at radius 3 is 3.12 bits per heavy atom. The number of amides is 1. The van der Waals surface area contributed by atoms with Gasteiger partial charge in [-0.2, -0.15) is 5.48 Å². The molecule has 3 N–H and O–H groups in total. The summed E-state index contributed by atoms with van der Waals surface area (Å²) in [4.78, 5) is 15.5. The van der Waals surface area contributed by atoms with Gasteiger partial charge in [-0.1, -0.05) is 0 Å². The Kier molecular flexibility index (Phi) is 3.75. The van der Waals surface area contributed by atoms with Gasteiger partial charge in [0.05, 0.1) is 12.2 Å². The van der Waals surface area contributed by atoms with Gasteiger partial charge >= 0.3 is 0 Å². The average molecular weight is 230 g/mol. The summed E-state index contributed by atoms with van der Waals surface area (Å²) in [6.07, 6.45) is 2.66. The van der Waals surface area contributed by atoms with Crippen molar-refractivity contribution >= 4 is 5.91 Å². The molecule has 2 aliphatic rings. The Balaban J connectivity index is 1.76. The van der Waals surface area contributed by atoms with E-state index < -0.39 is 5.91 Å². The molecule has 0 bridgehead atoms. The van der Waals surface area contributed by atoms with Crippen LogP contribution >= 0.6 is 0 Å². The smallest absolute Gasteiger partial charge is 0.245 e. The summed E-state index contributed by atoms with van der Waals surface area (Å²) in [6, 6.07) is 0.204. The number of hydrogen-bond acceptors (Lipinski definition) is 5. The predicted molar refractivity (Wildman–Crippen MR) is 55.4 cm³/mol. The van der Waals surface area contributed by atoms with Gasteiger partial charge in [0, 0.05) is 25.7 Å². The first-order valence-corrected chi connectivity index (χ1v) is 5.58. The minimum atomic E-state index is -0.474. The Morgan fingerprint density at radius 2 is 2.44 bits per heavy atom. The molecule has 92 valence electrons. The van der Waals surface area contributed by atoms with E-state index >= 15 is 0 Å². The summed E-state index contributed by atoms with van der Waals surface area (Å²) in [7, 11) is 0. The van der Waals surface area contributed by atoms with Gasteiger partial charge in [-0.25, -0.2) is 0 Å². The molecule has 2 saturated heterocycles. The lowest BCUT2D eigenvalue weighted by atomic mass is 9.90. The number of nitrogens with two attached hydrogens (primary N) is 1. The minimum Gasteiger partial charge on any atom is -0.378 e. The topological polar surface area (TPSA) is 82.8 Å². The molecule has 2 unspecified atom stereocenters. The number of ether oxygens (including phenoxy) is 2. The number of hydrogen-bond donors (Lipinski definition) is 2. The highest BCUT2D eigenvalue weighted by Gasteiger charge is 2.41. The van der Waals surface area contributed by atoms with E-state index in [0.29, 0.717) is 13.2 Å². The number of carbonyl (C=O) groups excluding carboxylic acids is 1. The Hall–Kier alpha value is -0.690. The van der Waals surface area contributed by atoms with Crippen molar-refractivity contribution in [1.82, 2.24) is 5.48 Å². The maximum Gasteiger partial charge on any atom is 0.245 e. The van der Waals surface area contributed by atoms with Crippen molar-refractivity contribution in [1.29, 1.82) is 0 Å². The lowest BCUT2D eigenvalue weighted by Crippen LogP contribution is -2.47. The van der Waals surface area contributed by atoms with Crippen molar-refractivity contribution in [3.05, 3.63) is 0 Å². The largest absolute Gasteiger partial charge is 0.378 e. The molecule has 16 heavy (non-hydrogen) atoms. The fourth-order valence-electron chi connectivity index (χ4n) is 2.22. The molecule has 6 heteroatoms. The van der Waals surface area contributed by atoms with E-state index in [1.54, 1.807) is 0 Å². The van der Waals surface area contributed by atoms with Gasteiger partial charge < -0.3 is 15.2 Å². The van der Waals surface area contributed by atoms with E-state index in [2.05, 4.69) is 5.48 Å². The molecule has 1 spiro atoms. The SMILES string of the molecule is NC(=O)CONC1CCOC2(CCOC2)C1. The van der Waals surface area contributed by atoms with E-state index in [1.807, 2.05) is 0 Å². The van der Waals surface area contributed by atoms with Gasteiger partial charge in [-0.05, 0) is 12.8 Å². The first-order valence-electron chi connectivity index (χ1n) is 5.58. The summed E-state index contributed by atoms with van der Waals surface area (Å²) in [6.45, 7) is 2.01. The monoisotopic (exact) mass is 230 g/mol. The first-order chi connectivity index (χ1) is 7.70. The third-order valence-electron chi connectivity index (χ3n) is 3.02. The van der Waals surface area contributed by atoms with Crippen molar-refractivity contribution in [2.75, 3.05) is 26.4 Å². The molecule has 0 saturated carbocycles. The summed E-state index contributed by atoms with van der Waals surface area (Å²) in [5, 5.41) is 0. The zero-order chi connectivity index (χ0) is 11.4. The van der Waals surface area contributed by atoms with Crippen molar-refractivity contribution < 1.29 is 19.1 Å². The van der Waals surface area contributed by atoms with E-state index in [9.17, 15) is 4.79 Å². The molecule has 2 atom stereocenters. The van der Waals surface area contributed by atoms with Gasteiger partial charge in [-0.15, -0.1) is 0 Å². The summed E-state index contributed by atoms with van der Waals surface area (Å²) in [5.74, 6) is -0.474. The number of carbonyl (C=O) groups is 1. The normalized spacial score (nSPS) is 34.4. The van der Waals surface area contributed by atoms with Gasteiger partial charge in [0.1, 0.15) is 6.61 Å². The van der Waals surface area contributed by atoms with E-state index in [4.69, 9.17) is 20.0 Å². The molecule has 0 radical (unpaired) electrons. The molecule has 0 aromatic carbocycles. The molecule has 2 heterocycles. The van der Waals surface area contributed by atoms with Gasteiger partial charge in [0.15, 0.2) is 0 Å². The molecule has 2 fully saturated rings. The Labute approximate surface area is 94.4 Å². The zero-order valence-electron chi connectivity index (χ0n) is 9.24. The van der Waals surface area contributed by atoms with Gasteiger partial charge in [0.2, 0.25) is 5.91 Å². The van der Waals surface area contributed by atoms with Crippen LogP contribution in [0.3, 0.4) is 0 Å². The second kappa shape index (κ2) is 5.09. The van der Waals surface area contributed by atoms with E-state index in [0.717, 1.165) is 25.9 Å². The number of nitrogens with one attached hydrogen (secondary N) is 1. The highest BCUT2D eigenvalue weighted by molar-refractivity contribution is 5.74. The van der Waals surface area contributed by atoms with Crippen LogP contribution in [-0.4, -0.2) is 44.0 Å². The van der Waals surface area contributed by atoms with Crippen molar-refractivity contribution in [2.45, 2.75) is 30.9 Å². The van der Waals surface area contributed by atoms with Crippen LogP contribution in [0.1, 0.15) is 19.3 Å². The lowest BCUT2D eigenvalue weighted by Gasteiger charge is -2.36. The van der Waals surface area contributed by atoms with Gasteiger partial charge in [0.25, 0.3) is 0 Å². The van der Waals surface area contributed by atoms with Crippen molar-refractivity contribution in [2.24, 2.45) is 5.73 Å². The Bertz CT molecular complexity index is 253. The molecule has 0 aromatic heterocycles. The summed E-state index contributed by atoms with van der Waals surface area (Å²) < 4.78 is 11.1. The number of rotatable bonds is 4. The standard InChI is InChI=1S/C10H18N2O4/c11-9(13)6-16-12-8-1-3-15-10(5-8)2-4-14-7-10/h8,12H,1-7H2,(H2,11,13). The quantitative estimate of drug-likeness (QED) is 0.626.